The Balaban J connectivity index is 2.63. The average molecular weight is 255 g/mol. The number of carbonyl (C=O) groups excluding carboxylic acids is 1. The minimum Gasteiger partial charge on any atom is -0.294 e. The summed E-state index contributed by atoms with van der Waals surface area (Å²) in [5.41, 5.74) is 1.73. The van der Waals surface area contributed by atoms with Crippen LogP contribution in [0.2, 0.25) is 5.02 Å². The number of rotatable bonds is 0. The van der Waals surface area contributed by atoms with E-state index in [0.717, 1.165) is 18.4 Å². The van der Waals surface area contributed by atoms with Gasteiger partial charge in [0.05, 0.1) is 0 Å². The Labute approximate surface area is 106 Å². The molecule has 17 heavy (non-hydrogen) atoms. The third-order valence-electron chi connectivity index (χ3n) is 3.55. The smallest absolute Gasteiger partial charge is 0.164 e. The Bertz CT molecular complexity index is 491. The highest BCUT2D eigenvalue weighted by molar-refractivity contribution is 6.32. The fraction of sp³-hybridized carbons (Fsp3) is 0.500. The summed E-state index contributed by atoms with van der Waals surface area (Å²) in [6, 6.07) is 1.32. The molecule has 0 aliphatic heterocycles. The number of ketones is 1. The molecule has 0 saturated heterocycles. The van der Waals surface area contributed by atoms with Crippen molar-refractivity contribution >= 4 is 17.4 Å². The minimum absolute atomic E-state index is 0.0152. The number of Topliss-reactive ketones (excluding diaryl/α,β-unsaturated/α-hetero) is 1. The van der Waals surface area contributed by atoms with Gasteiger partial charge in [0.25, 0.3) is 0 Å². The molecule has 0 amide bonds. The van der Waals surface area contributed by atoms with Crippen LogP contribution in [-0.2, 0) is 6.42 Å². The van der Waals surface area contributed by atoms with E-state index in [9.17, 15) is 9.18 Å². The first-order valence-corrected chi connectivity index (χ1v) is 6.20. The number of carbonyl (C=O) groups is 1. The summed E-state index contributed by atoms with van der Waals surface area (Å²) < 4.78 is 13.6. The molecule has 1 aromatic rings. The molecule has 1 aliphatic rings. The third-order valence-corrected chi connectivity index (χ3v) is 3.88. The molecular weight excluding hydrogens is 239 g/mol. The van der Waals surface area contributed by atoms with E-state index in [1.54, 1.807) is 6.92 Å². The molecule has 0 spiro atoms. The Kier molecular flexibility index (Phi) is 3.03. The van der Waals surface area contributed by atoms with Crippen LogP contribution in [0.15, 0.2) is 6.07 Å². The minimum atomic E-state index is -0.387. The van der Waals surface area contributed by atoms with Crippen molar-refractivity contribution in [3.8, 4) is 0 Å². The van der Waals surface area contributed by atoms with Gasteiger partial charge in [-0.3, -0.25) is 4.79 Å². The second-order valence-corrected chi connectivity index (χ2v) is 5.99. The van der Waals surface area contributed by atoms with E-state index in [1.165, 1.54) is 6.07 Å². The Hall–Kier alpha value is -0.890. The van der Waals surface area contributed by atoms with Crippen molar-refractivity contribution < 1.29 is 9.18 Å². The second kappa shape index (κ2) is 4.09. The molecule has 0 aromatic heterocycles. The topological polar surface area (TPSA) is 17.1 Å². The molecule has 92 valence electrons. The van der Waals surface area contributed by atoms with Gasteiger partial charge in [0.1, 0.15) is 5.82 Å². The van der Waals surface area contributed by atoms with Crippen LogP contribution >= 0.6 is 11.6 Å². The molecule has 1 nitrogen and oxygen atoms in total. The maximum atomic E-state index is 13.6. The van der Waals surface area contributed by atoms with Crippen LogP contribution in [0.1, 0.15) is 48.2 Å². The average Bonchev–Trinajstić information content (AvgIpc) is 2.31. The molecule has 0 radical (unpaired) electrons. The molecule has 0 atom stereocenters. The molecule has 0 bridgehead atoms. The molecule has 2 rings (SSSR count). The summed E-state index contributed by atoms with van der Waals surface area (Å²) in [5, 5.41) is 0.383. The number of hydrogen-bond donors (Lipinski definition) is 0. The quantitative estimate of drug-likeness (QED) is 0.630. The first-order valence-electron chi connectivity index (χ1n) is 5.82. The lowest BCUT2D eigenvalue weighted by molar-refractivity contribution is 0.0933. The summed E-state index contributed by atoms with van der Waals surface area (Å²) in [7, 11) is 0. The van der Waals surface area contributed by atoms with E-state index in [4.69, 9.17) is 11.6 Å². The molecule has 3 heteroatoms. The summed E-state index contributed by atoms with van der Waals surface area (Å²) in [6.45, 7) is 5.79. The van der Waals surface area contributed by atoms with E-state index >= 15 is 0 Å². The Morgan fingerprint density at radius 1 is 1.41 bits per heavy atom. The fourth-order valence-corrected chi connectivity index (χ4v) is 2.75. The SMILES string of the molecule is Cc1c(F)cc(Cl)c2c1C(=O)CC(C)(C)CC2. The normalized spacial score (nSPS) is 18.8. The zero-order chi connectivity index (χ0) is 12.8. The van der Waals surface area contributed by atoms with E-state index in [-0.39, 0.29) is 17.0 Å². The van der Waals surface area contributed by atoms with Crippen LogP contribution in [0.4, 0.5) is 4.39 Å². The van der Waals surface area contributed by atoms with Crippen LogP contribution in [0.3, 0.4) is 0 Å². The summed E-state index contributed by atoms with van der Waals surface area (Å²) >= 11 is 6.06. The number of fused-ring (bicyclic) bond motifs is 1. The molecule has 0 N–H and O–H groups in total. The van der Waals surface area contributed by atoms with Gasteiger partial charge >= 0.3 is 0 Å². The van der Waals surface area contributed by atoms with Gasteiger partial charge in [0.15, 0.2) is 5.78 Å². The van der Waals surface area contributed by atoms with Gasteiger partial charge in [-0.25, -0.2) is 4.39 Å². The van der Waals surface area contributed by atoms with Gasteiger partial charge in [-0.05, 0) is 42.4 Å². The van der Waals surface area contributed by atoms with Crippen molar-refractivity contribution in [2.24, 2.45) is 5.41 Å². The van der Waals surface area contributed by atoms with Crippen LogP contribution in [0.5, 0.6) is 0 Å². The molecule has 1 aromatic carbocycles. The van der Waals surface area contributed by atoms with Gasteiger partial charge < -0.3 is 0 Å². The van der Waals surface area contributed by atoms with Crippen molar-refractivity contribution in [3.63, 3.8) is 0 Å². The lowest BCUT2D eigenvalue weighted by atomic mass is 9.84. The molecule has 1 aliphatic carbocycles. The second-order valence-electron chi connectivity index (χ2n) is 5.58. The van der Waals surface area contributed by atoms with Gasteiger partial charge in [0, 0.05) is 17.0 Å². The maximum Gasteiger partial charge on any atom is 0.164 e. The molecule has 0 heterocycles. The van der Waals surface area contributed by atoms with Crippen molar-refractivity contribution in [1.29, 1.82) is 0 Å². The van der Waals surface area contributed by atoms with Crippen LogP contribution < -0.4 is 0 Å². The van der Waals surface area contributed by atoms with Gasteiger partial charge in [-0.15, -0.1) is 0 Å². The summed E-state index contributed by atoms with van der Waals surface area (Å²) in [5.74, 6) is -0.372. The fourth-order valence-electron chi connectivity index (χ4n) is 2.47. The standard InChI is InChI=1S/C14H16ClFO/c1-8-11(16)6-10(15)9-4-5-14(2,3)7-12(17)13(8)9/h6H,4-5,7H2,1-3H3. The van der Waals surface area contributed by atoms with Gasteiger partial charge in [-0.1, -0.05) is 25.4 Å². The van der Waals surface area contributed by atoms with E-state index < -0.39 is 0 Å². The number of hydrogen-bond acceptors (Lipinski definition) is 1. The van der Waals surface area contributed by atoms with Gasteiger partial charge in [0.2, 0.25) is 0 Å². The van der Waals surface area contributed by atoms with Crippen LogP contribution in [0, 0.1) is 18.2 Å². The van der Waals surface area contributed by atoms with E-state index in [0.29, 0.717) is 22.6 Å². The maximum absolute atomic E-state index is 13.6. The van der Waals surface area contributed by atoms with Crippen LogP contribution in [-0.4, -0.2) is 5.78 Å². The van der Waals surface area contributed by atoms with Crippen molar-refractivity contribution in [2.75, 3.05) is 0 Å². The van der Waals surface area contributed by atoms with Crippen molar-refractivity contribution in [2.45, 2.75) is 40.0 Å². The number of benzene rings is 1. The lowest BCUT2D eigenvalue weighted by Crippen LogP contribution is -2.15. The van der Waals surface area contributed by atoms with Crippen molar-refractivity contribution in [1.82, 2.24) is 0 Å². The number of halogens is 2. The van der Waals surface area contributed by atoms with Crippen molar-refractivity contribution in [3.05, 3.63) is 33.6 Å². The zero-order valence-corrected chi connectivity index (χ0v) is 11.1. The zero-order valence-electron chi connectivity index (χ0n) is 10.4. The lowest BCUT2D eigenvalue weighted by Gasteiger charge is -2.20. The highest BCUT2D eigenvalue weighted by atomic mass is 35.5. The largest absolute Gasteiger partial charge is 0.294 e. The Morgan fingerprint density at radius 3 is 2.71 bits per heavy atom. The molecule has 0 saturated carbocycles. The van der Waals surface area contributed by atoms with E-state index in [1.807, 2.05) is 0 Å². The predicted octanol–water partition coefficient (Wildman–Crippen LogP) is 4.33. The van der Waals surface area contributed by atoms with E-state index in [2.05, 4.69) is 13.8 Å². The first kappa shape index (κ1) is 12.6. The molecule has 0 unspecified atom stereocenters. The third kappa shape index (κ3) is 2.23. The highest BCUT2D eigenvalue weighted by Gasteiger charge is 2.31. The predicted molar refractivity (Wildman–Crippen MR) is 67.2 cm³/mol. The summed E-state index contributed by atoms with van der Waals surface area (Å²) in [6.07, 6.45) is 2.10. The monoisotopic (exact) mass is 254 g/mol. The highest BCUT2D eigenvalue weighted by Crippen LogP contribution is 2.38. The summed E-state index contributed by atoms with van der Waals surface area (Å²) in [4.78, 5) is 12.2. The first-order chi connectivity index (χ1) is 7.82. The molecular formula is C14H16ClFO. The van der Waals surface area contributed by atoms with Gasteiger partial charge in [-0.2, -0.15) is 0 Å². The van der Waals surface area contributed by atoms with Crippen LogP contribution in [0.25, 0.3) is 0 Å². The molecule has 0 fully saturated rings. The Morgan fingerprint density at radius 2 is 2.06 bits per heavy atom.